The fourth-order valence-corrected chi connectivity index (χ4v) is 3.99. The second-order valence-corrected chi connectivity index (χ2v) is 6.85. The average Bonchev–Trinajstić information content (AvgIpc) is 2.81. The highest BCUT2D eigenvalue weighted by Crippen LogP contribution is 2.26. The lowest BCUT2D eigenvalue weighted by Crippen LogP contribution is -2.25. The third-order valence-electron chi connectivity index (χ3n) is 3.46. The Bertz CT molecular complexity index is 589. The number of sulfonamides is 1. The van der Waals surface area contributed by atoms with Crippen LogP contribution in [0.3, 0.4) is 0 Å². The number of hydrogen-bond donors (Lipinski definition) is 2. The minimum absolute atomic E-state index is 0.184. The first-order valence-corrected chi connectivity index (χ1v) is 7.80. The molecule has 0 aromatic heterocycles. The maximum atomic E-state index is 12.1. The summed E-state index contributed by atoms with van der Waals surface area (Å²) in [5.41, 5.74) is 1.15. The van der Waals surface area contributed by atoms with Crippen molar-refractivity contribution in [2.24, 2.45) is 0 Å². The minimum atomic E-state index is -3.36. The molecule has 6 heteroatoms. The first-order chi connectivity index (χ1) is 8.90. The number of benzene rings is 1. The van der Waals surface area contributed by atoms with Crippen molar-refractivity contribution >= 4 is 21.7 Å². The smallest absolute Gasteiger partial charge is 0.335 e. The second-order valence-electron chi connectivity index (χ2n) is 4.89. The van der Waals surface area contributed by atoms with Crippen LogP contribution < -0.4 is 4.72 Å². The first kappa shape index (κ1) is 13.9. The molecule has 1 aromatic carbocycles. The molecule has 104 valence electrons. The summed E-state index contributed by atoms with van der Waals surface area (Å²) in [6, 6.07) is 4.46. The molecule has 0 amide bonds. The molecule has 0 radical (unpaired) electrons. The fourth-order valence-electron chi connectivity index (χ4n) is 2.41. The van der Waals surface area contributed by atoms with Gasteiger partial charge < -0.3 is 5.11 Å². The molecule has 0 bridgehead atoms. The highest BCUT2D eigenvalue weighted by Gasteiger charge is 2.28. The topological polar surface area (TPSA) is 83.5 Å². The summed E-state index contributed by atoms with van der Waals surface area (Å²) in [5.74, 6) is -1.01. The standard InChI is InChI=1S/C13H17NO4S/c1-9-8-10(6-7-12(9)13(15)16)14-19(17,18)11-4-2-3-5-11/h6-8,11,14H,2-5H2,1H3,(H,15,16). The van der Waals surface area contributed by atoms with Gasteiger partial charge in [-0.05, 0) is 43.5 Å². The van der Waals surface area contributed by atoms with Crippen molar-refractivity contribution in [3.63, 3.8) is 0 Å². The molecule has 0 unspecified atom stereocenters. The molecule has 0 aliphatic heterocycles. The molecule has 1 saturated carbocycles. The number of carbonyl (C=O) groups is 1. The zero-order valence-electron chi connectivity index (χ0n) is 10.7. The van der Waals surface area contributed by atoms with Crippen LogP contribution in [0.4, 0.5) is 5.69 Å². The maximum absolute atomic E-state index is 12.1. The van der Waals surface area contributed by atoms with Gasteiger partial charge in [-0.25, -0.2) is 13.2 Å². The Balaban J connectivity index is 2.19. The zero-order chi connectivity index (χ0) is 14.0. The van der Waals surface area contributed by atoms with Crippen LogP contribution in [0.15, 0.2) is 18.2 Å². The van der Waals surface area contributed by atoms with E-state index in [2.05, 4.69) is 4.72 Å². The van der Waals surface area contributed by atoms with Gasteiger partial charge in [0.1, 0.15) is 0 Å². The van der Waals surface area contributed by atoms with Crippen molar-refractivity contribution in [3.05, 3.63) is 29.3 Å². The van der Waals surface area contributed by atoms with Crippen molar-refractivity contribution in [3.8, 4) is 0 Å². The quantitative estimate of drug-likeness (QED) is 0.888. The molecule has 0 heterocycles. The highest BCUT2D eigenvalue weighted by molar-refractivity contribution is 7.93. The number of anilines is 1. The van der Waals surface area contributed by atoms with E-state index in [1.165, 1.54) is 12.1 Å². The lowest BCUT2D eigenvalue weighted by Gasteiger charge is -2.14. The third-order valence-corrected chi connectivity index (χ3v) is 5.33. The predicted octanol–water partition coefficient (Wildman–Crippen LogP) is 2.38. The average molecular weight is 283 g/mol. The molecule has 5 nitrogen and oxygen atoms in total. The molecular formula is C13H17NO4S. The van der Waals surface area contributed by atoms with E-state index >= 15 is 0 Å². The number of aromatic carboxylic acids is 1. The summed E-state index contributed by atoms with van der Waals surface area (Å²) in [4.78, 5) is 10.9. The number of carboxylic acids is 1. The maximum Gasteiger partial charge on any atom is 0.335 e. The van der Waals surface area contributed by atoms with Crippen molar-refractivity contribution in [2.75, 3.05) is 4.72 Å². The SMILES string of the molecule is Cc1cc(NS(=O)(=O)C2CCCC2)ccc1C(=O)O. The molecule has 0 spiro atoms. The van der Waals surface area contributed by atoms with Gasteiger partial charge in [-0.2, -0.15) is 0 Å². The number of aryl methyl sites for hydroxylation is 1. The summed E-state index contributed by atoms with van der Waals surface area (Å²) in [5, 5.41) is 8.60. The summed E-state index contributed by atoms with van der Waals surface area (Å²) in [6.45, 7) is 1.65. The number of nitrogens with one attached hydrogen (secondary N) is 1. The number of carboxylic acid groups (broad SMARTS) is 1. The molecule has 0 atom stereocenters. The fraction of sp³-hybridized carbons (Fsp3) is 0.462. The van der Waals surface area contributed by atoms with Gasteiger partial charge in [-0.3, -0.25) is 4.72 Å². The van der Waals surface area contributed by atoms with Gasteiger partial charge in [-0.1, -0.05) is 12.8 Å². The summed E-state index contributed by atoms with van der Waals surface area (Å²) in [7, 11) is -3.36. The largest absolute Gasteiger partial charge is 0.478 e. The van der Waals surface area contributed by atoms with Gasteiger partial charge in [0.15, 0.2) is 0 Å². The monoisotopic (exact) mass is 283 g/mol. The van der Waals surface area contributed by atoms with Crippen LogP contribution in [0.2, 0.25) is 0 Å². The van der Waals surface area contributed by atoms with Gasteiger partial charge in [0, 0.05) is 5.69 Å². The lowest BCUT2D eigenvalue weighted by atomic mass is 10.1. The Kier molecular flexibility index (Phi) is 3.80. The van der Waals surface area contributed by atoms with Crippen LogP contribution in [-0.4, -0.2) is 24.7 Å². The van der Waals surface area contributed by atoms with Crippen LogP contribution in [0.1, 0.15) is 41.6 Å². The van der Waals surface area contributed by atoms with Crippen LogP contribution in [0.25, 0.3) is 0 Å². The molecule has 19 heavy (non-hydrogen) atoms. The summed E-state index contributed by atoms with van der Waals surface area (Å²) < 4.78 is 26.8. The predicted molar refractivity (Wildman–Crippen MR) is 72.9 cm³/mol. The lowest BCUT2D eigenvalue weighted by molar-refractivity contribution is 0.0696. The van der Waals surface area contributed by atoms with Crippen LogP contribution in [0, 0.1) is 6.92 Å². The van der Waals surface area contributed by atoms with Crippen molar-refractivity contribution in [2.45, 2.75) is 37.9 Å². The van der Waals surface area contributed by atoms with E-state index in [0.717, 1.165) is 12.8 Å². The van der Waals surface area contributed by atoms with E-state index in [9.17, 15) is 13.2 Å². The van der Waals surface area contributed by atoms with Crippen LogP contribution in [0.5, 0.6) is 0 Å². The zero-order valence-corrected chi connectivity index (χ0v) is 11.5. The van der Waals surface area contributed by atoms with E-state index in [0.29, 0.717) is 24.1 Å². The number of hydrogen-bond acceptors (Lipinski definition) is 3. The Morgan fingerprint density at radius 1 is 1.32 bits per heavy atom. The van der Waals surface area contributed by atoms with Crippen molar-refractivity contribution in [1.29, 1.82) is 0 Å². The van der Waals surface area contributed by atoms with Crippen molar-refractivity contribution < 1.29 is 18.3 Å². The third kappa shape index (κ3) is 3.07. The Morgan fingerprint density at radius 2 is 1.95 bits per heavy atom. The molecule has 0 saturated heterocycles. The van der Waals surface area contributed by atoms with E-state index < -0.39 is 16.0 Å². The van der Waals surface area contributed by atoms with Crippen LogP contribution >= 0.6 is 0 Å². The van der Waals surface area contributed by atoms with Crippen LogP contribution in [-0.2, 0) is 10.0 Å². The molecular weight excluding hydrogens is 266 g/mol. The van der Waals surface area contributed by atoms with E-state index in [1.54, 1.807) is 13.0 Å². The molecule has 2 rings (SSSR count). The minimum Gasteiger partial charge on any atom is -0.478 e. The van der Waals surface area contributed by atoms with E-state index in [4.69, 9.17) is 5.11 Å². The normalized spacial score (nSPS) is 16.5. The van der Waals surface area contributed by atoms with E-state index in [1.807, 2.05) is 0 Å². The molecule has 1 aliphatic rings. The van der Waals surface area contributed by atoms with E-state index in [-0.39, 0.29) is 10.8 Å². The molecule has 1 aliphatic carbocycles. The Labute approximate surface area is 112 Å². The Hall–Kier alpha value is -1.56. The summed E-state index contributed by atoms with van der Waals surface area (Å²) in [6.07, 6.45) is 3.29. The molecule has 1 aromatic rings. The van der Waals surface area contributed by atoms with Gasteiger partial charge in [0.25, 0.3) is 0 Å². The van der Waals surface area contributed by atoms with Gasteiger partial charge in [0.2, 0.25) is 10.0 Å². The van der Waals surface area contributed by atoms with Gasteiger partial charge in [0.05, 0.1) is 10.8 Å². The van der Waals surface area contributed by atoms with Crippen molar-refractivity contribution in [1.82, 2.24) is 0 Å². The Morgan fingerprint density at radius 3 is 2.47 bits per heavy atom. The second kappa shape index (κ2) is 5.21. The molecule has 1 fully saturated rings. The van der Waals surface area contributed by atoms with Gasteiger partial charge >= 0.3 is 5.97 Å². The number of rotatable bonds is 4. The molecule has 2 N–H and O–H groups in total. The first-order valence-electron chi connectivity index (χ1n) is 6.26. The van der Waals surface area contributed by atoms with Gasteiger partial charge in [-0.15, -0.1) is 0 Å². The summed E-state index contributed by atoms with van der Waals surface area (Å²) >= 11 is 0. The highest BCUT2D eigenvalue weighted by atomic mass is 32.2.